The molecule has 0 radical (unpaired) electrons. The molecule has 18 heteroatoms. The van der Waals surface area contributed by atoms with Crippen LogP contribution in [0.1, 0.15) is 68.6 Å². The number of esters is 2. The van der Waals surface area contributed by atoms with E-state index in [1.54, 1.807) is 55.6 Å². The predicted octanol–water partition coefficient (Wildman–Crippen LogP) is 5.57. The number of nitrogens with zero attached hydrogens (tertiary/aromatic N) is 5. The van der Waals surface area contributed by atoms with Gasteiger partial charge in [-0.05, 0) is 80.1 Å². The summed E-state index contributed by atoms with van der Waals surface area (Å²) in [6.45, 7) is 5.43. The van der Waals surface area contributed by atoms with Gasteiger partial charge in [-0.2, -0.15) is 5.26 Å². The van der Waals surface area contributed by atoms with E-state index in [1.165, 1.54) is 53.1 Å². The summed E-state index contributed by atoms with van der Waals surface area (Å²) in [4.78, 5) is 62.1. The van der Waals surface area contributed by atoms with Crippen LogP contribution in [0.3, 0.4) is 0 Å². The van der Waals surface area contributed by atoms with Crippen molar-refractivity contribution >= 4 is 34.6 Å². The third-order valence-corrected chi connectivity index (χ3v) is 12.7. The zero-order valence-corrected chi connectivity index (χ0v) is 37.8. The number of amides is 1. The van der Waals surface area contributed by atoms with Gasteiger partial charge in [0.05, 0.1) is 43.2 Å². The van der Waals surface area contributed by atoms with Gasteiger partial charge in [0.25, 0.3) is 11.5 Å². The number of nitrogens with one attached hydrogen (secondary N) is 1. The van der Waals surface area contributed by atoms with Crippen molar-refractivity contribution in [1.82, 2.24) is 19.8 Å². The smallest absolute Gasteiger partial charge is 0.340 e. The van der Waals surface area contributed by atoms with E-state index < -0.39 is 35.3 Å². The maximum absolute atomic E-state index is 14.1. The van der Waals surface area contributed by atoms with Crippen LogP contribution in [0, 0.1) is 17.1 Å². The molecule has 2 aromatic heterocycles. The average molecular weight is 939 g/mol. The minimum absolute atomic E-state index is 0.0574. The summed E-state index contributed by atoms with van der Waals surface area (Å²) >= 11 is 0. The first-order valence-electron chi connectivity index (χ1n) is 22.3. The molecule has 1 fully saturated rings. The summed E-state index contributed by atoms with van der Waals surface area (Å²) in [6.07, 6.45) is 0. The molecule has 0 aliphatic carbocycles. The molecule has 3 N–H and O–H groups in total. The summed E-state index contributed by atoms with van der Waals surface area (Å²) in [6, 6.07) is 24.9. The number of halogens is 1. The molecule has 1 unspecified atom stereocenters. The lowest BCUT2D eigenvalue weighted by Crippen LogP contribution is -2.58. The summed E-state index contributed by atoms with van der Waals surface area (Å²) in [5.74, 6) is -1.71. The van der Waals surface area contributed by atoms with E-state index in [0.717, 1.165) is 0 Å². The van der Waals surface area contributed by atoms with Gasteiger partial charge >= 0.3 is 11.9 Å². The number of aromatic nitrogens is 2. The number of phenolic OH excluding ortho intramolecular Hbond substituents is 2. The number of hydrogen-bond donors (Lipinski definition) is 3. The van der Waals surface area contributed by atoms with E-state index in [9.17, 15) is 39.0 Å². The second-order valence-corrected chi connectivity index (χ2v) is 17.0. The molecular formula is C51H47FN6O11. The van der Waals surface area contributed by atoms with Gasteiger partial charge in [0.15, 0.2) is 5.60 Å². The summed E-state index contributed by atoms with van der Waals surface area (Å²) in [5.41, 5.74) is 2.63. The molecule has 3 aliphatic heterocycles. The fourth-order valence-electron chi connectivity index (χ4n) is 9.34. The molecule has 9 rings (SSSR count). The number of benzene rings is 4. The minimum atomic E-state index is -1.45. The Morgan fingerprint density at radius 2 is 1.52 bits per heavy atom. The van der Waals surface area contributed by atoms with Gasteiger partial charge in [0.1, 0.15) is 58.7 Å². The third-order valence-electron chi connectivity index (χ3n) is 12.7. The molecule has 6 aromatic rings. The quantitative estimate of drug-likeness (QED) is 0.0900. The molecular weight excluding hydrogens is 892 g/mol. The number of rotatable bonds is 14. The normalized spacial score (nSPS) is 17.3. The van der Waals surface area contributed by atoms with Crippen LogP contribution >= 0.6 is 0 Å². The number of aryl methyl sites for hydroxylation is 1. The lowest BCUT2D eigenvalue weighted by atomic mass is 9.77. The zero-order chi connectivity index (χ0) is 48.6. The molecule has 1 saturated heterocycles. The molecule has 3 atom stereocenters. The van der Waals surface area contributed by atoms with Crippen molar-refractivity contribution in [3.63, 3.8) is 0 Å². The summed E-state index contributed by atoms with van der Waals surface area (Å²) in [7, 11) is 1.65. The number of carbonyl (C=O) groups excluding carboxylic acids is 3. The van der Waals surface area contributed by atoms with Gasteiger partial charge in [-0.25, -0.2) is 19.0 Å². The zero-order valence-electron chi connectivity index (χ0n) is 37.8. The van der Waals surface area contributed by atoms with E-state index >= 15 is 0 Å². The Balaban J connectivity index is 0.755. The van der Waals surface area contributed by atoms with Crippen LogP contribution in [0.4, 0.5) is 10.1 Å². The molecule has 1 spiro atoms. The highest BCUT2D eigenvalue weighted by atomic mass is 19.1. The summed E-state index contributed by atoms with van der Waals surface area (Å²) in [5, 5.41) is 32.7. The van der Waals surface area contributed by atoms with E-state index in [1.807, 2.05) is 18.7 Å². The fourth-order valence-corrected chi connectivity index (χ4v) is 9.34. The Kier molecular flexibility index (Phi) is 12.8. The summed E-state index contributed by atoms with van der Waals surface area (Å²) < 4.78 is 44.7. The Bertz CT molecular complexity index is 3050. The van der Waals surface area contributed by atoms with E-state index in [2.05, 4.69) is 21.3 Å². The van der Waals surface area contributed by atoms with E-state index in [0.29, 0.717) is 52.1 Å². The van der Waals surface area contributed by atoms with Gasteiger partial charge in [-0.3, -0.25) is 14.5 Å². The van der Waals surface area contributed by atoms with Crippen molar-refractivity contribution < 1.29 is 52.7 Å². The standard InChI is InChI=1S/C51H47FN6O11/c1-29-28-58(30(2)27-57(29)42-25-45(61)56(3)41-15-9-34(26-53)55-46(41)42)47(31-4-7-33(52)8-5-31)50(64)67-21-20-66-19-18-65-17-16-54-48(62)32-6-12-38-37(22-32)49(63)69-51(38)39-13-10-35(59)23-43(39)68-44-24-36(60)11-14-40(44)51/h4-15,22-25,29-30,47,59-60H,16-21,27-28H2,1-3H3,(H,54,62)/t29-,30+,47?/m0/s1. The van der Waals surface area contributed by atoms with E-state index in [-0.39, 0.29) is 97.0 Å². The van der Waals surface area contributed by atoms with Crippen LogP contribution in [0.5, 0.6) is 23.0 Å². The van der Waals surface area contributed by atoms with Crippen LogP contribution in [0.15, 0.2) is 102 Å². The van der Waals surface area contributed by atoms with Crippen LogP contribution in [0.25, 0.3) is 11.0 Å². The highest BCUT2D eigenvalue weighted by molar-refractivity contribution is 6.01. The third kappa shape index (κ3) is 8.79. The van der Waals surface area contributed by atoms with Gasteiger partial charge in [0, 0.05) is 79.2 Å². The second-order valence-electron chi connectivity index (χ2n) is 17.0. The molecule has 5 heterocycles. The van der Waals surface area contributed by atoms with Gasteiger partial charge in [-0.1, -0.05) is 18.2 Å². The Morgan fingerprint density at radius 3 is 2.22 bits per heavy atom. The monoisotopic (exact) mass is 938 g/mol. The first kappa shape index (κ1) is 46.3. The van der Waals surface area contributed by atoms with Gasteiger partial charge in [0.2, 0.25) is 0 Å². The molecule has 4 aromatic carbocycles. The molecule has 354 valence electrons. The number of fused-ring (bicyclic) bond motifs is 7. The first-order chi connectivity index (χ1) is 33.3. The number of aromatic hydroxyl groups is 2. The number of anilines is 1. The molecule has 3 aliphatic rings. The minimum Gasteiger partial charge on any atom is -0.508 e. The van der Waals surface area contributed by atoms with Crippen molar-refractivity contribution in [1.29, 1.82) is 5.26 Å². The first-order valence-corrected chi connectivity index (χ1v) is 22.3. The van der Waals surface area contributed by atoms with Crippen LogP contribution in [-0.2, 0) is 36.4 Å². The Labute approximate surface area is 394 Å². The largest absolute Gasteiger partial charge is 0.508 e. The molecule has 69 heavy (non-hydrogen) atoms. The number of pyridine rings is 2. The Morgan fingerprint density at radius 1 is 0.855 bits per heavy atom. The van der Waals surface area contributed by atoms with Crippen LogP contribution in [0.2, 0.25) is 0 Å². The van der Waals surface area contributed by atoms with Crippen molar-refractivity contribution in [2.24, 2.45) is 7.05 Å². The van der Waals surface area contributed by atoms with Crippen LogP contribution < -0.4 is 20.5 Å². The van der Waals surface area contributed by atoms with Gasteiger partial charge < -0.3 is 48.7 Å². The molecule has 0 bridgehead atoms. The predicted molar refractivity (Wildman–Crippen MR) is 247 cm³/mol. The Hall–Kier alpha value is -7.85. The second kappa shape index (κ2) is 19.0. The highest BCUT2D eigenvalue weighted by Crippen LogP contribution is 2.57. The number of piperazine rings is 1. The van der Waals surface area contributed by atoms with E-state index in [4.69, 9.17) is 23.7 Å². The van der Waals surface area contributed by atoms with Crippen molar-refractivity contribution in [3.8, 4) is 29.1 Å². The fraction of sp³-hybridized carbons (Fsp3) is 0.294. The van der Waals surface area contributed by atoms with Crippen LogP contribution in [-0.4, -0.2) is 107 Å². The van der Waals surface area contributed by atoms with Crippen molar-refractivity contribution in [2.75, 3.05) is 57.6 Å². The number of ether oxygens (including phenoxy) is 5. The number of nitriles is 1. The van der Waals surface area contributed by atoms with Crippen molar-refractivity contribution in [2.45, 2.75) is 37.6 Å². The number of carbonyl (C=O) groups is 3. The average Bonchev–Trinajstić information content (AvgIpc) is 3.62. The molecule has 1 amide bonds. The number of phenols is 2. The van der Waals surface area contributed by atoms with Crippen molar-refractivity contribution in [3.05, 3.63) is 152 Å². The maximum atomic E-state index is 14.1. The highest BCUT2D eigenvalue weighted by Gasteiger charge is 2.54. The SMILES string of the molecule is C[C@@H]1CN(c2cc(=O)n(C)c3ccc(C#N)nc23)[C@@H](C)CN1C(C(=O)OCCOCCOCCNC(=O)c1ccc2c(c1)C(=O)OC21c2ccc(O)cc2Oc2cc(O)ccc21)c1ccc(F)cc1. The maximum Gasteiger partial charge on any atom is 0.340 e. The number of hydrogen-bond acceptors (Lipinski definition) is 15. The lowest BCUT2D eigenvalue weighted by molar-refractivity contribution is -0.153. The van der Waals surface area contributed by atoms with Gasteiger partial charge in [-0.15, -0.1) is 0 Å². The topological polar surface area (TPSA) is 215 Å². The lowest BCUT2D eigenvalue weighted by Gasteiger charge is -2.47. The molecule has 0 saturated carbocycles. The molecule has 17 nitrogen and oxygen atoms in total.